The number of hydroxylamine groups is 1. The van der Waals surface area contributed by atoms with E-state index in [9.17, 15) is 10.0 Å². The molecule has 118 valence electrons. The minimum atomic E-state index is -0.123. The topological polar surface area (TPSA) is 48.1 Å². The minimum absolute atomic E-state index is 0.0394. The van der Waals surface area contributed by atoms with Crippen LogP contribution in [0.2, 0.25) is 5.02 Å². The monoisotopic (exact) mass is 394 g/mol. The first-order valence-corrected chi connectivity index (χ1v) is 9.18. The van der Waals surface area contributed by atoms with Crippen LogP contribution in [0, 0.1) is 5.21 Å². The van der Waals surface area contributed by atoms with E-state index in [2.05, 4.69) is 0 Å². The molecule has 0 saturated heterocycles. The van der Waals surface area contributed by atoms with Crippen LogP contribution in [-0.2, 0) is 0 Å². The van der Waals surface area contributed by atoms with Gasteiger partial charge in [-0.2, -0.15) is 0 Å². The van der Waals surface area contributed by atoms with Crippen LogP contribution in [0.4, 0.5) is 0 Å². The van der Waals surface area contributed by atoms with Gasteiger partial charge in [-0.25, -0.2) is 0 Å². The summed E-state index contributed by atoms with van der Waals surface area (Å²) in [5.41, 5.74) is 1.54. The number of hydrogen-bond donors (Lipinski definition) is 0. The van der Waals surface area contributed by atoms with Gasteiger partial charge in [0.2, 0.25) is 0 Å². The zero-order valence-corrected chi connectivity index (χ0v) is 15.2. The van der Waals surface area contributed by atoms with Gasteiger partial charge in [0.1, 0.15) is 0 Å². The summed E-state index contributed by atoms with van der Waals surface area (Å²) < 4.78 is 3.69. The molecule has 2 aromatic carbocycles. The second kappa shape index (κ2) is 6.36. The van der Waals surface area contributed by atoms with Crippen LogP contribution in [-0.4, -0.2) is 35.3 Å². The molecule has 1 heterocycles. The van der Waals surface area contributed by atoms with Crippen LogP contribution in [0.15, 0.2) is 47.3 Å². The summed E-state index contributed by atoms with van der Waals surface area (Å²) >= 11 is 5.87. The SMILES string of the molecule is CC(C)/[N+]([O-])=C\c1cccc(-n2[se]c3ccc(Cl)cc3c2=O)c1. The molecule has 3 aromatic rings. The Hall–Kier alpha value is -1.81. The first-order valence-electron chi connectivity index (χ1n) is 7.18. The molecule has 0 spiro atoms. The Bertz CT molecular complexity index is 957. The van der Waals surface area contributed by atoms with E-state index < -0.39 is 0 Å². The van der Waals surface area contributed by atoms with E-state index in [4.69, 9.17) is 11.6 Å². The van der Waals surface area contributed by atoms with Crippen molar-refractivity contribution < 1.29 is 4.74 Å². The summed E-state index contributed by atoms with van der Waals surface area (Å²) in [6.07, 6.45) is 1.55. The third-order valence-corrected chi connectivity index (χ3v) is 6.00. The van der Waals surface area contributed by atoms with Crippen molar-refractivity contribution >= 4 is 42.2 Å². The summed E-state index contributed by atoms with van der Waals surface area (Å²) in [7, 11) is 0. The van der Waals surface area contributed by atoms with Crippen molar-refractivity contribution in [2.75, 3.05) is 0 Å². The van der Waals surface area contributed by atoms with Crippen molar-refractivity contribution in [1.82, 2.24) is 3.56 Å². The zero-order chi connectivity index (χ0) is 16.6. The molecular weight excluding hydrogens is 379 g/mol. The maximum absolute atomic E-state index is 12.6. The van der Waals surface area contributed by atoms with Gasteiger partial charge in [0.25, 0.3) is 0 Å². The van der Waals surface area contributed by atoms with Gasteiger partial charge in [0.05, 0.1) is 0 Å². The molecule has 0 radical (unpaired) electrons. The van der Waals surface area contributed by atoms with Crippen molar-refractivity contribution in [2.45, 2.75) is 19.9 Å². The molecule has 0 aliphatic rings. The van der Waals surface area contributed by atoms with Crippen LogP contribution in [0.1, 0.15) is 19.4 Å². The van der Waals surface area contributed by atoms with Gasteiger partial charge < -0.3 is 0 Å². The van der Waals surface area contributed by atoms with E-state index in [-0.39, 0.29) is 26.3 Å². The van der Waals surface area contributed by atoms with Crippen molar-refractivity contribution in [3.05, 3.63) is 68.6 Å². The van der Waals surface area contributed by atoms with E-state index in [0.717, 1.165) is 20.2 Å². The van der Waals surface area contributed by atoms with E-state index in [0.29, 0.717) is 10.4 Å². The molecule has 0 saturated carbocycles. The van der Waals surface area contributed by atoms with E-state index in [1.54, 1.807) is 21.9 Å². The Morgan fingerprint density at radius 2 is 2.04 bits per heavy atom. The molecule has 0 aliphatic heterocycles. The number of aromatic nitrogens is 1. The van der Waals surface area contributed by atoms with E-state index >= 15 is 0 Å². The Morgan fingerprint density at radius 3 is 2.78 bits per heavy atom. The van der Waals surface area contributed by atoms with Gasteiger partial charge >= 0.3 is 145 Å². The number of halogens is 1. The summed E-state index contributed by atoms with van der Waals surface area (Å²) in [5, 5.41) is 13.0. The Labute approximate surface area is 144 Å². The Morgan fingerprint density at radius 1 is 1.26 bits per heavy atom. The Balaban J connectivity index is 2.11. The molecule has 0 unspecified atom stereocenters. The molecule has 4 nitrogen and oxygen atoms in total. The van der Waals surface area contributed by atoms with Crippen molar-refractivity contribution in [3.63, 3.8) is 0 Å². The van der Waals surface area contributed by atoms with Gasteiger partial charge in [-0.1, -0.05) is 0 Å². The predicted molar refractivity (Wildman–Crippen MR) is 95.4 cm³/mol. The van der Waals surface area contributed by atoms with Gasteiger partial charge in [-0.05, 0) is 0 Å². The van der Waals surface area contributed by atoms with Crippen LogP contribution in [0.5, 0.6) is 0 Å². The molecule has 0 bridgehead atoms. The molecule has 0 amide bonds. The first kappa shape index (κ1) is 16.1. The molecule has 0 fully saturated rings. The number of fused-ring (bicyclic) bond motifs is 1. The van der Waals surface area contributed by atoms with Gasteiger partial charge in [0, 0.05) is 0 Å². The quantitative estimate of drug-likeness (QED) is 0.226. The second-order valence-corrected chi connectivity index (χ2v) is 8.02. The fourth-order valence-corrected chi connectivity index (χ4v) is 4.40. The molecule has 1 aromatic heterocycles. The average molecular weight is 394 g/mol. The van der Waals surface area contributed by atoms with Gasteiger partial charge in [-0.15, -0.1) is 0 Å². The molecule has 0 N–H and O–H groups in total. The molecule has 23 heavy (non-hydrogen) atoms. The average Bonchev–Trinajstić information content (AvgIpc) is 2.84. The van der Waals surface area contributed by atoms with Crippen LogP contribution >= 0.6 is 11.6 Å². The Kier molecular flexibility index (Phi) is 4.44. The fourth-order valence-electron chi connectivity index (χ4n) is 2.20. The third-order valence-electron chi connectivity index (χ3n) is 3.44. The van der Waals surface area contributed by atoms with Crippen LogP contribution in [0.3, 0.4) is 0 Å². The summed E-state index contributed by atoms with van der Waals surface area (Å²) in [6.45, 7) is 3.67. The summed E-state index contributed by atoms with van der Waals surface area (Å²) in [6, 6.07) is 12.8. The zero-order valence-electron chi connectivity index (χ0n) is 12.7. The molecule has 0 aliphatic carbocycles. The van der Waals surface area contributed by atoms with Crippen LogP contribution < -0.4 is 5.56 Å². The maximum atomic E-state index is 12.6. The van der Waals surface area contributed by atoms with E-state index in [1.807, 2.05) is 44.2 Å². The third kappa shape index (κ3) is 3.27. The molecule has 3 rings (SSSR count). The van der Waals surface area contributed by atoms with Gasteiger partial charge in [0.15, 0.2) is 0 Å². The summed E-state index contributed by atoms with van der Waals surface area (Å²) in [4.78, 5) is 12.6. The van der Waals surface area contributed by atoms with Crippen molar-refractivity contribution in [3.8, 4) is 5.69 Å². The second-order valence-electron chi connectivity index (χ2n) is 5.51. The van der Waals surface area contributed by atoms with Crippen molar-refractivity contribution in [2.24, 2.45) is 0 Å². The number of hydrogen-bond acceptors (Lipinski definition) is 2. The molecule has 0 atom stereocenters. The predicted octanol–water partition coefficient (Wildman–Crippen LogP) is 3.04. The normalized spacial score (nSPS) is 12.3. The number of rotatable bonds is 3. The first-order chi connectivity index (χ1) is 11.0. The number of benzene rings is 2. The van der Waals surface area contributed by atoms with Crippen LogP contribution in [0.25, 0.3) is 15.3 Å². The molecule has 6 heteroatoms. The standard InChI is InChI=1S/C17H15ClN2O2Se/c1-11(2)19(22)10-12-4-3-5-14(8-12)20-17(21)15-9-13(18)6-7-16(15)23-20/h3-11H,1-2H3/b19-10+. The summed E-state index contributed by atoms with van der Waals surface area (Å²) in [5.74, 6) is 0. The fraction of sp³-hybridized carbons (Fsp3) is 0.176. The van der Waals surface area contributed by atoms with Crippen molar-refractivity contribution in [1.29, 1.82) is 0 Å². The number of nitrogens with zero attached hydrogens (tertiary/aromatic N) is 2. The molecular formula is C17H15ClN2O2Se. The van der Waals surface area contributed by atoms with E-state index in [1.165, 1.54) is 0 Å². The van der Waals surface area contributed by atoms with Gasteiger partial charge in [-0.3, -0.25) is 0 Å².